The van der Waals surface area contributed by atoms with Crippen LogP contribution in [0.25, 0.3) is 5.76 Å². The number of aliphatic hydroxyl groups is 1. The zero-order chi connectivity index (χ0) is 25.1. The van der Waals surface area contributed by atoms with Crippen LogP contribution < -0.4 is 4.90 Å². The molecule has 0 spiro atoms. The van der Waals surface area contributed by atoms with Crippen molar-refractivity contribution in [1.29, 1.82) is 0 Å². The Morgan fingerprint density at radius 3 is 2.17 bits per heavy atom. The number of nitrogens with zero attached hydrogens (tertiary/aromatic N) is 2. The quantitative estimate of drug-likeness (QED) is 0.141. The zero-order valence-corrected chi connectivity index (χ0v) is 18.6. The largest absolute Gasteiger partial charge is 0.507 e. The van der Waals surface area contributed by atoms with Gasteiger partial charge in [-0.25, -0.2) is 4.79 Å². The van der Waals surface area contributed by atoms with E-state index < -0.39 is 28.6 Å². The fourth-order valence-corrected chi connectivity index (χ4v) is 3.92. The Morgan fingerprint density at radius 2 is 1.60 bits per heavy atom. The highest BCUT2D eigenvalue weighted by Crippen LogP contribution is 2.42. The average molecular weight is 472 g/mol. The highest BCUT2D eigenvalue weighted by Gasteiger charge is 2.47. The summed E-state index contributed by atoms with van der Waals surface area (Å²) in [4.78, 5) is 50.1. The molecule has 0 radical (unpaired) electrons. The molecule has 3 aromatic rings. The predicted octanol–water partition coefficient (Wildman–Crippen LogP) is 4.40. The number of carbonyl (C=O) groups is 3. The summed E-state index contributed by atoms with van der Waals surface area (Å²) in [5.41, 5.74) is 0.993. The lowest BCUT2D eigenvalue weighted by molar-refractivity contribution is -0.384. The molecule has 3 aromatic carbocycles. The summed E-state index contributed by atoms with van der Waals surface area (Å²) in [7, 11) is 0. The van der Waals surface area contributed by atoms with E-state index in [0.29, 0.717) is 16.8 Å². The van der Waals surface area contributed by atoms with Gasteiger partial charge in [0.05, 0.1) is 28.7 Å². The van der Waals surface area contributed by atoms with Crippen LogP contribution >= 0.6 is 0 Å². The van der Waals surface area contributed by atoms with Crippen LogP contribution in [-0.2, 0) is 14.3 Å². The molecule has 1 N–H and O–H groups in total. The maximum atomic E-state index is 13.2. The molecule has 1 amide bonds. The van der Waals surface area contributed by atoms with Gasteiger partial charge in [0.1, 0.15) is 5.76 Å². The highest BCUT2D eigenvalue weighted by atomic mass is 16.6. The number of benzene rings is 3. The van der Waals surface area contributed by atoms with Crippen molar-refractivity contribution in [2.75, 3.05) is 11.5 Å². The number of aliphatic hydroxyl groups excluding tert-OH is 1. The SMILES string of the molecule is CCOC(=O)c1ccc(N2C(=O)C(=O)/C(=C(/O)c3ccccc3)[C@@H]2c2ccc([N+](=O)[O-])cc2)cc1. The van der Waals surface area contributed by atoms with Crippen molar-refractivity contribution in [3.63, 3.8) is 0 Å². The van der Waals surface area contributed by atoms with Crippen LogP contribution in [-0.4, -0.2) is 34.3 Å². The molecule has 0 unspecified atom stereocenters. The lowest BCUT2D eigenvalue weighted by atomic mass is 9.95. The number of ketones is 1. The third-order valence-corrected chi connectivity index (χ3v) is 5.57. The van der Waals surface area contributed by atoms with Crippen LogP contribution in [0.4, 0.5) is 11.4 Å². The van der Waals surface area contributed by atoms with Gasteiger partial charge in [-0.2, -0.15) is 0 Å². The minimum Gasteiger partial charge on any atom is -0.507 e. The maximum Gasteiger partial charge on any atom is 0.338 e. The summed E-state index contributed by atoms with van der Waals surface area (Å²) in [6.07, 6.45) is 0. The first-order chi connectivity index (χ1) is 16.8. The number of hydrogen-bond acceptors (Lipinski definition) is 7. The fraction of sp³-hybridized carbons (Fsp3) is 0.115. The van der Waals surface area contributed by atoms with E-state index in [1.54, 1.807) is 37.3 Å². The number of amides is 1. The minimum atomic E-state index is -1.05. The Labute approximate surface area is 200 Å². The monoisotopic (exact) mass is 472 g/mol. The molecule has 0 bridgehead atoms. The number of carbonyl (C=O) groups excluding carboxylic acids is 3. The molecule has 1 heterocycles. The second-order valence-corrected chi connectivity index (χ2v) is 7.65. The molecule has 9 nitrogen and oxygen atoms in total. The minimum absolute atomic E-state index is 0.149. The van der Waals surface area contributed by atoms with Gasteiger partial charge in [0.2, 0.25) is 0 Å². The number of non-ortho nitro benzene ring substituents is 1. The van der Waals surface area contributed by atoms with Gasteiger partial charge in [0.15, 0.2) is 0 Å². The average Bonchev–Trinajstić information content (AvgIpc) is 3.14. The molecular weight excluding hydrogens is 452 g/mol. The molecule has 4 rings (SSSR count). The lowest BCUT2D eigenvalue weighted by Crippen LogP contribution is -2.29. The van der Waals surface area contributed by atoms with Crippen molar-refractivity contribution in [2.45, 2.75) is 13.0 Å². The van der Waals surface area contributed by atoms with E-state index in [0.717, 1.165) is 0 Å². The van der Waals surface area contributed by atoms with Crippen LogP contribution in [0.1, 0.15) is 34.5 Å². The molecule has 0 saturated carbocycles. The van der Waals surface area contributed by atoms with Gasteiger partial charge in [-0.15, -0.1) is 0 Å². The number of esters is 1. The Morgan fingerprint density at radius 1 is 0.971 bits per heavy atom. The van der Waals surface area contributed by atoms with E-state index in [2.05, 4.69) is 0 Å². The van der Waals surface area contributed by atoms with E-state index >= 15 is 0 Å². The number of hydrogen-bond donors (Lipinski definition) is 1. The molecule has 1 aliphatic rings. The van der Waals surface area contributed by atoms with E-state index in [1.165, 1.54) is 53.4 Å². The van der Waals surface area contributed by atoms with Crippen LogP contribution in [0.5, 0.6) is 0 Å². The normalized spacial score (nSPS) is 16.8. The van der Waals surface area contributed by atoms with Crippen molar-refractivity contribution in [3.05, 3.63) is 111 Å². The Bertz CT molecular complexity index is 1330. The second kappa shape index (κ2) is 9.60. The van der Waals surface area contributed by atoms with Crippen molar-refractivity contribution in [2.24, 2.45) is 0 Å². The Balaban J connectivity index is 1.86. The molecule has 1 fully saturated rings. The zero-order valence-electron chi connectivity index (χ0n) is 18.6. The number of Topliss-reactive ketones (excluding diaryl/α,β-unsaturated/α-hetero) is 1. The summed E-state index contributed by atoms with van der Waals surface area (Å²) in [6.45, 7) is 1.89. The van der Waals surface area contributed by atoms with Gasteiger partial charge >= 0.3 is 5.97 Å². The fourth-order valence-electron chi connectivity index (χ4n) is 3.92. The number of nitro benzene ring substituents is 1. The molecule has 35 heavy (non-hydrogen) atoms. The highest BCUT2D eigenvalue weighted by molar-refractivity contribution is 6.51. The number of anilines is 1. The summed E-state index contributed by atoms with van der Waals surface area (Å²) >= 11 is 0. The summed E-state index contributed by atoms with van der Waals surface area (Å²) in [5, 5.41) is 22.1. The van der Waals surface area contributed by atoms with Crippen LogP contribution in [0, 0.1) is 10.1 Å². The Hall–Kier alpha value is -4.79. The van der Waals surface area contributed by atoms with Gasteiger partial charge in [-0.05, 0) is 48.9 Å². The third-order valence-electron chi connectivity index (χ3n) is 5.57. The van der Waals surface area contributed by atoms with Gasteiger partial charge in [0.25, 0.3) is 17.4 Å². The van der Waals surface area contributed by atoms with E-state index in [4.69, 9.17) is 4.74 Å². The van der Waals surface area contributed by atoms with E-state index in [-0.39, 0.29) is 29.2 Å². The Kier molecular flexibility index (Phi) is 6.41. The van der Waals surface area contributed by atoms with Gasteiger partial charge in [-0.1, -0.05) is 30.3 Å². The second-order valence-electron chi connectivity index (χ2n) is 7.65. The standard InChI is InChI=1S/C26H20N2O7/c1-2-35-26(32)18-10-12-19(13-11-18)27-22(16-8-14-20(15-9-16)28(33)34)21(24(30)25(27)31)23(29)17-6-4-3-5-7-17/h3-15,22,29H,2H2,1H3/b23-21+/t22-/m0/s1. The van der Waals surface area contributed by atoms with Crippen molar-refractivity contribution in [1.82, 2.24) is 0 Å². The van der Waals surface area contributed by atoms with E-state index in [1.807, 2.05) is 0 Å². The van der Waals surface area contributed by atoms with Crippen molar-refractivity contribution in [3.8, 4) is 0 Å². The molecule has 1 saturated heterocycles. The van der Waals surface area contributed by atoms with Crippen molar-refractivity contribution >= 4 is 34.8 Å². The summed E-state index contributed by atoms with van der Waals surface area (Å²) in [5.74, 6) is -2.67. The topological polar surface area (TPSA) is 127 Å². The molecule has 1 atom stereocenters. The summed E-state index contributed by atoms with van der Waals surface area (Å²) < 4.78 is 4.98. The number of rotatable bonds is 6. The van der Waals surface area contributed by atoms with Crippen molar-refractivity contribution < 1.29 is 29.2 Å². The molecular formula is C26H20N2O7. The third kappa shape index (κ3) is 4.39. The molecule has 0 aliphatic carbocycles. The first kappa shape index (κ1) is 23.4. The predicted molar refractivity (Wildman–Crippen MR) is 127 cm³/mol. The molecule has 9 heteroatoms. The molecule has 0 aromatic heterocycles. The van der Waals surface area contributed by atoms with Gasteiger partial charge in [0, 0.05) is 23.4 Å². The molecule has 1 aliphatic heterocycles. The van der Waals surface area contributed by atoms with Gasteiger partial charge in [-0.3, -0.25) is 24.6 Å². The first-order valence-corrected chi connectivity index (χ1v) is 10.7. The lowest BCUT2D eigenvalue weighted by Gasteiger charge is -2.25. The number of nitro groups is 1. The summed E-state index contributed by atoms with van der Waals surface area (Å²) in [6, 6.07) is 18.6. The maximum absolute atomic E-state index is 13.2. The first-order valence-electron chi connectivity index (χ1n) is 10.7. The van der Waals surface area contributed by atoms with Gasteiger partial charge < -0.3 is 9.84 Å². The van der Waals surface area contributed by atoms with E-state index in [9.17, 15) is 29.6 Å². The number of ether oxygens (including phenoxy) is 1. The molecule has 176 valence electrons. The van der Waals surface area contributed by atoms with Crippen LogP contribution in [0.3, 0.4) is 0 Å². The smallest absolute Gasteiger partial charge is 0.338 e. The van der Waals surface area contributed by atoms with Crippen LogP contribution in [0.2, 0.25) is 0 Å². The van der Waals surface area contributed by atoms with Crippen LogP contribution in [0.15, 0.2) is 84.4 Å².